The fourth-order valence-electron chi connectivity index (χ4n) is 5.09. The van der Waals surface area contributed by atoms with Gasteiger partial charge in [0.2, 0.25) is 0 Å². The molecule has 2 aliphatic heterocycles. The van der Waals surface area contributed by atoms with E-state index in [-0.39, 0.29) is 17.1 Å². The molecule has 1 aromatic carbocycles. The maximum absolute atomic E-state index is 4.88. The predicted octanol–water partition coefficient (Wildman–Crippen LogP) is 4.31. The Hall–Kier alpha value is -5.45. The topological polar surface area (TPSA) is 144 Å². The fraction of sp³-hybridized carbons (Fsp3) is 0. The van der Waals surface area contributed by atoms with Gasteiger partial charge >= 0.3 is 17.1 Å². The van der Waals surface area contributed by atoms with Crippen molar-refractivity contribution in [2.45, 2.75) is 0 Å². The Morgan fingerprint density at radius 2 is 0.878 bits per heavy atom. The number of benzene rings is 1. The molecule has 8 bridgehead atoms. The van der Waals surface area contributed by atoms with Gasteiger partial charge in [-0.3, -0.25) is 15.0 Å². The van der Waals surface area contributed by atoms with Crippen molar-refractivity contribution in [3.63, 3.8) is 0 Å². The van der Waals surface area contributed by atoms with Crippen molar-refractivity contribution < 1.29 is 17.1 Å². The summed E-state index contributed by atoms with van der Waals surface area (Å²) in [6.45, 7) is 0. The van der Waals surface area contributed by atoms with Gasteiger partial charge in [-0.2, -0.15) is 0 Å². The first-order chi connectivity index (χ1) is 19.8. The van der Waals surface area contributed by atoms with E-state index in [0.717, 1.165) is 27.3 Å². The maximum Gasteiger partial charge on any atom is 2.00 e. The molecule has 195 valence electrons. The van der Waals surface area contributed by atoms with E-state index in [1.165, 1.54) is 0 Å². The monoisotopic (exact) mass is 578 g/mol. The van der Waals surface area contributed by atoms with Crippen LogP contribution in [0.1, 0.15) is 0 Å². The molecule has 0 saturated heterocycles. The van der Waals surface area contributed by atoms with Gasteiger partial charge in [-0.05, 0) is 41.1 Å². The molecule has 7 aromatic rings. The Labute approximate surface area is 240 Å². The van der Waals surface area contributed by atoms with Gasteiger partial charge in [-0.25, -0.2) is 9.97 Å². The first-order valence-electron chi connectivity index (χ1n) is 12.5. The number of hydrogen-bond acceptors (Lipinski definition) is 9. The molecule has 12 heteroatoms. The van der Waals surface area contributed by atoms with Gasteiger partial charge in [-0.15, -0.1) is 0 Å². The van der Waals surface area contributed by atoms with E-state index in [9.17, 15) is 0 Å². The molecule has 0 atom stereocenters. The second-order valence-corrected chi connectivity index (χ2v) is 9.23. The molecule has 0 fully saturated rings. The second-order valence-electron chi connectivity index (χ2n) is 9.23. The Morgan fingerprint density at radius 3 is 1.51 bits per heavy atom. The van der Waals surface area contributed by atoms with Crippen molar-refractivity contribution in [1.29, 1.82) is 0 Å². The maximum atomic E-state index is 4.88. The van der Waals surface area contributed by atoms with Gasteiger partial charge in [0.1, 0.15) is 23.0 Å². The van der Waals surface area contributed by atoms with Crippen LogP contribution in [0.25, 0.3) is 90.1 Å². The van der Waals surface area contributed by atoms with E-state index in [1.807, 2.05) is 60.7 Å². The third-order valence-corrected chi connectivity index (χ3v) is 6.88. The molecular formula is C29H13CuN11. The summed E-state index contributed by atoms with van der Waals surface area (Å²) in [5, 5.41) is 2.43. The first-order valence-corrected chi connectivity index (χ1v) is 12.5. The van der Waals surface area contributed by atoms with Crippen LogP contribution < -0.4 is 9.97 Å². The van der Waals surface area contributed by atoms with E-state index in [0.29, 0.717) is 62.8 Å². The first kappa shape index (κ1) is 23.4. The minimum Gasteiger partial charge on any atom is -0.357 e. The van der Waals surface area contributed by atoms with Crippen LogP contribution in [0.2, 0.25) is 0 Å². The van der Waals surface area contributed by atoms with Gasteiger partial charge < -0.3 is 29.9 Å². The van der Waals surface area contributed by atoms with Crippen LogP contribution in [0.15, 0.2) is 79.3 Å². The third-order valence-electron chi connectivity index (χ3n) is 6.88. The standard InChI is InChI=1S/C29H13N11.Cu/c1-2-7-15-14(6-1)22-33-23(15)35-25-17-9-4-12-31-20(17)28(37-25)40-29-21-18(10-5-13-32-21)26(39-29)38-27-19-16(8-3-11-30-19)24(34-22)36-27;/h1-13H;/q-2;+2. The summed E-state index contributed by atoms with van der Waals surface area (Å²) in [5.74, 6) is 1.71. The number of aromatic nitrogens is 11. The summed E-state index contributed by atoms with van der Waals surface area (Å²) in [5.41, 5.74) is 5.13. The smallest absolute Gasteiger partial charge is 0.357 e. The fourth-order valence-corrected chi connectivity index (χ4v) is 5.09. The van der Waals surface area contributed by atoms with Gasteiger partial charge in [-0.1, -0.05) is 30.3 Å². The number of hydrogen-bond donors (Lipinski definition) is 0. The average Bonchev–Trinajstić information content (AvgIpc) is 3.73. The molecule has 1 radical (unpaired) electrons. The zero-order valence-electron chi connectivity index (χ0n) is 20.7. The minimum absolute atomic E-state index is 0. The SMILES string of the molecule is [Cu+2].c1cnc2c(c1)-c1nc-2nc2[n-]c(nc3nc(nc4[n-]c(n1)c1ccccc41)-c1cccnc1-3)c1ncccc21. The summed E-state index contributed by atoms with van der Waals surface area (Å²) >= 11 is 0. The van der Waals surface area contributed by atoms with Crippen LogP contribution >= 0.6 is 0 Å². The predicted molar refractivity (Wildman–Crippen MR) is 147 cm³/mol. The van der Waals surface area contributed by atoms with Crippen LogP contribution in [-0.2, 0) is 17.1 Å². The molecule has 2 aliphatic rings. The summed E-state index contributed by atoms with van der Waals surface area (Å²) in [4.78, 5) is 52.2. The molecule has 6 aromatic heterocycles. The van der Waals surface area contributed by atoms with Gasteiger partial charge in [0.15, 0.2) is 0 Å². The van der Waals surface area contributed by atoms with Crippen LogP contribution in [0.5, 0.6) is 0 Å². The Kier molecular flexibility index (Phi) is 5.02. The van der Waals surface area contributed by atoms with Gasteiger partial charge in [0.05, 0.1) is 17.2 Å². The van der Waals surface area contributed by atoms with Crippen LogP contribution in [0.4, 0.5) is 0 Å². The summed E-state index contributed by atoms with van der Waals surface area (Å²) in [7, 11) is 0. The number of fused-ring (bicyclic) bond motifs is 20. The molecule has 8 heterocycles. The third kappa shape index (κ3) is 3.48. The molecule has 0 unspecified atom stereocenters. The second kappa shape index (κ2) is 8.78. The zero-order chi connectivity index (χ0) is 26.2. The summed E-state index contributed by atoms with van der Waals surface area (Å²) in [6.07, 6.45) is 5.11. The largest absolute Gasteiger partial charge is 2.00 e. The van der Waals surface area contributed by atoms with Crippen LogP contribution in [0.3, 0.4) is 0 Å². The van der Waals surface area contributed by atoms with E-state index >= 15 is 0 Å². The molecule has 0 aliphatic carbocycles. The van der Waals surface area contributed by atoms with Crippen molar-refractivity contribution in [3.05, 3.63) is 79.3 Å². The van der Waals surface area contributed by atoms with Crippen molar-refractivity contribution in [3.8, 4) is 45.8 Å². The average molecular weight is 579 g/mol. The number of nitrogens with zero attached hydrogens (tertiary/aromatic N) is 11. The number of pyridine rings is 3. The van der Waals surface area contributed by atoms with E-state index < -0.39 is 0 Å². The molecule has 11 nitrogen and oxygen atoms in total. The normalized spacial score (nSPS) is 11.7. The molecule has 0 N–H and O–H groups in total. The van der Waals surface area contributed by atoms with Crippen molar-refractivity contribution in [2.24, 2.45) is 0 Å². The minimum atomic E-state index is 0. The summed E-state index contributed by atoms with van der Waals surface area (Å²) < 4.78 is 0. The Morgan fingerprint density at radius 1 is 0.415 bits per heavy atom. The molecule has 41 heavy (non-hydrogen) atoms. The zero-order valence-corrected chi connectivity index (χ0v) is 21.7. The molecule has 0 amide bonds. The molecule has 0 saturated carbocycles. The molecule has 9 rings (SSSR count). The van der Waals surface area contributed by atoms with Crippen LogP contribution in [-0.4, -0.2) is 44.9 Å². The molecular weight excluding hydrogens is 566 g/mol. The Balaban J connectivity index is 0.00000256. The van der Waals surface area contributed by atoms with Gasteiger partial charge in [0, 0.05) is 57.7 Å². The number of rotatable bonds is 0. The van der Waals surface area contributed by atoms with Crippen molar-refractivity contribution in [1.82, 2.24) is 54.8 Å². The van der Waals surface area contributed by atoms with Gasteiger partial charge in [0.25, 0.3) is 0 Å². The quantitative estimate of drug-likeness (QED) is 0.237. The molecule has 0 spiro atoms. The Bertz CT molecular complexity index is 2040. The van der Waals surface area contributed by atoms with Crippen LogP contribution in [0, 0.1) is 0 Å². The van der Waals surface area contributed by atoms with E-state index in [2.05, 4.69) is 15.0 Å². The van der Waals surface area contributed by atoms with Crippen molar-refractivity contribution >= 4 is 44.3 Å². The van der Waals surface area contributed by atoms with E-state index in [4.69, 9.17) is 39.9 Å². The summed E-state index contributed by atoms with van der Waals surface area (Å²) in [6, 6.07) is 19.1. The van der Waals surface area contributed by atoms with Crippen molar-refractivity contribution in [2.75, 3.05) is 0 Å². The van der Waals surface area contributed by atoms with E-state index in [1.54, 1.807) is 18.6 Å².